The van der Waals surface area contributed by atoms with Crippen LogP contribution >= 0.6 is 0 Å². The Balaban J connectivity index is 2.90. The number of rotatable bonds is 9. The summed E-state index contributed by atoms with van der Waals surface area (Å²) in [6.07, 6.45) is -0.496. The van der Waals surface area contributed by atoms with Crippen molar-refractivity contribution in [3.63, 3.8) is 0 Å². The minimum atomic E-state index is -1.37. The number of ether oxygens (including phenoxy) is 1. The van der Waals surface area contributed by atoms with Gasteiger partial charge in [-0.2, -0.15) is 0 Å². The smallest absolute Gasteiger partial charge is 0.328 e. The molecule has 1 aromatic rings. The summed E-state index contributed by atoms with van der Waals surface area (Å²) in [4.78, 5) is 47.1. The molecule has 142 valence electrons. The van der Waals surface area contributed by atoms with E-state index in [9.17, 15) is 19.2 Å². The second-order valence-electron chi connectivity index (χ2n) is 5.72. The Bertz CT molecular complexity index is 647. The predicted molar refractivity (Wildman–Crippen MR) is 91.9 cm³/mol. The maximum absolute atomic E-state index is 12.4. The third-order valence-corrected chi connectivity index (χ3v) is 3.51. The summed E-state index contributed by atoms with van der Waals surface area (Å²) in [7, 11) is 1.18. The predicted octanol–water partition coefficient (Wildman–Crippen LogP) is -0.806. The van der Waals surface area contributed by atoms with Crippen LogP contribution in [0.4, 0.5) is 0 Å². The van der Waals surface area contributed by atoms with E-state index in [4.69, 9.17) is 10.8 Å². The first kappa shape index (κ1) is 21.1. The van der Waals surface area contributed by atoms with Gasteiger partial charge in [0.2, 0.25) is 11.8 Å². The van der Waals surface area contributed by atoms with Crippen LogP contribution in [-0.2, 0) is 30.3 Å². The molecule has 0 fully saturated rings. The number of nitrogens with one attached hydrogen (secondary N) is 2. The molecule has 0 saturated carbocycles. The number of carbonyl (C=O) groups is 4. The molecule has 0 spiro atoms. The Morgan fingerprint density at radius 3 is 2.15 bits per heavy atom. The molecule has 26 heavy (non-hydrogen) atoms. The fourth-order valence-corrected chi connectivity index (χ4v) is 2.14. The fraction of sp³-hybridized carbons (Fsp3) is 0.412. The standard InChI is InChI=1S/C17H23N3O6/c1-10(18)15(23)19-12(9-14(21)22)16(24)20-13(17(25)26-2)8-11-6-4-3-5-7-11/h3-7,10,12-13H,8-9,18H2,1-2H3,(H,19,23)(H,20,24)(H,21,22)/t10-,12-,13-/m0/s1. The lowest BCUT2D eigenvalue weighted by atomic mass is 10.0. The lowest BCUT2D eigenvalue weighted by molar-refractivity contribution is -0.145. The number of benzene rings is 1. The minimum absolute atomic E-state index is 0.153. The molecule has 3 atom stereocenters. The number of carboxylic acid groups (broad SMARTS) is 1. The molecule has 0 saturated heterocycles. The molecule has 0 aliphatic rings. The van der Waals surface area contributed by atoms with E-state index in [0.29, 0.717) is 0 Å². The van der Waals surface area contributed by atoms with Crippen LogP contribution in [0.25, 0.3) is 0 Å². The third-order valence-electron chi connectivity index (χ3n) is 3.51. The molecule has 0 heterocycles. The summed E-state index contributed by atoms with van der Waals surface area (Å²) in [6.45, 7) is 1.40. The number of carbonyl (C=O) groups excluding carboxylic acids is 3. The maximum Gasteiger partial charge on any atom is 0.328 e. The van der Waals surface area contributed by atoms with Crippen LogP contribution in [0.1, 0.15) is 18.9 Å². The molecule has 0 aromatic heterocycles. The van der Waals surface area contributed by atoms with Gasteiger partial charge in [-0.25, -0.2) is 4.79 Å². The highest BCUT2D eigenvalue weighted by Gasteiger charge is 2.29. The van der Waals surface area contributed by atoms with E-state index < -0.39 is 48.3 Å². The molecule has 0 aliphatic heterocycles. The molecule has 2 amide bonds. The lowest BCUT2D eigenvalue weighted by Gasteiger charge is -2.22. The van der Waals surface area contributed by atoms with Gasteiger partial charge in [-0.05, 0) is 12.5 Å². The summed E-state index contributed by atoms with van der Waals surface area (Å²) in [6, 6.07) is 5.60. The van der Waals surface area contributed by atoms with Crippen LogP contribution in [-0.4, -0.2) is 54.1 Å². The first-order valence-electron chi connectivity index (χ1n) is 7.94. The topological polar surface area (TPSA) is 148 Å². The molecule has 0 radical (unpaired) electrons. The largest absolute Gasteiger partial charge is 0.481 e. The van der Waals surface area contributed by atoms with Gasteiger partial charge in [0.15, 0.2) is 0 Å². The zero-order valence-corrected chi connectivity index (χ0v) is 14.6. The van der Waals surface area contributed by atoms with Gasteiger partial charge in [-0.3, -0.25) is 14.4 Å². The number of methoxy groups -OCH3 is 1. The van der Waals surface area contributed by atoms with Gasteiger partial charge in [0.05, 0.1) is 19.6 Å². The van der Waals surface area contributed by atoms with E-state index in [2.05, 4.69) is 15.4 Å². The number of hydrogen-bond acceptors (Lipinski definition) is 6. The molecule has 9 heteroatoms. The SMILES string of the molecule is COC(=O)[C@H](Cc1ccccc1)NC(=O)[C@H](CC(=O)O)NC(=O)[C@H](C)N. The van der Waals surface area contributed by atoms with Crippen molar-refractivity contribution in [1.82, 2.24) is 10.6 Å². The molecular weight excluding hydrogens is 342 g/mol. The quantitative estimate of drug-likeness (QED) is 0.418. The second kappa shape index (κ2) is 10.1. The second-order valence-corrected chi connectivity index (χ2v) is 5.72. The van der Waals surface area contributed by atoms with E-state index in [-0.39, 0.29) is 6.42 Å². The summed E-state index contributed by atoms with van der Waals surface area (Å²) in [5, 5.41) is 13.7. The van der Waals surface area contributed by atoms with E-state index in [1.165, 1.54) is 14.0 Å². The van der Waals surface area contributed by atoms with Crippen molar-refractivity contribution in [3.8, 4) is 0 Å². The van der Waals surface area contributed by atoms with Crippen LogP contribution in [0, 0.1) is 0 Å². The maximum atomic E-state index is 12.4. The lowest BCUT2D eigenvalue weighted by Crippen LogP contribution is -2.55. The van der Waals surface area contributed by atoms with Crippen LogP contribution in [0.2, 0.25) is 0 Å². The Hall–Kier alpha value is -2.94. The normalized spacial score (nSPS) is 13.8. The number of carboxylic acids is 1. The Labute approximate surface area is 150 Å². The number of nitrogens with two attached hydrogens (primary N) is 1. The van der Waals surface area contributed by atoms with Crippen LogP contribution < -0.4 is 16.4 Å². The van der Waals surface area contributed by atoms with Crippen LogP contribution in [0.3, 0.4) is 0 Å². The first-order valence-corrected chi connectivity index (χ1v) is 7.94. The van der Waals surface area contributed by atoms with Gasteiger partial charge in [-0.15, -0.1) is 0 Å². The van der Waals surface area contributed by atoms with Crippen molar-refractivity contribution in [3.05, 3.63) is 35.9 Å². The van der Waals surface area contributed by atoms with Crippen LogP contribution in [0.5, 0.6) is 0 Å². The number of esters is 1. The van der Waals surface area contributed by atoms with Crippen molar-refractivity contribution in [2.45, 2.75) is 37.9 Å². The summed E-state index contributed by atoms with van der Waals surface area (Å²) in [5.74, 6) is -3.46. The molecule has 1 aromatic carbocycles. The van der Waals surface area contributed by atoms with Gasteiger partial charge in [0.1, 0.15) is 12.1 Å². The van der Waals surface area contributed by atoms with E-state index >= 15 is 0 Å². The molecule has 9 nitrogen and oxygen atoms in total. The Morgan fingerprint density at radius 2 is 1.65 bits per heavy atom. The van der Waals surface area contributed by atoms with Crippen molar-refractivity contribution < 1.29 is 29.0 Å². The van der Waals surface area contributed by atoms with Crippen LogP contribution in [0.15, 0.2) is 30.3 Å². The Kier molecular flexibility index (Phi) is 8.23. The average Bonchev–Trinajstić information content (AvgIpc) is 2.60. The average molecular weight is 365 g/mol. The molecule has 5 N–H and O–H groups in total. The van der Waals surface area contributed by atoms with Crippen molar-refractivity contribution in [2.24, 2.45) is 5.73 Å². The molecule has 1 rings (SSSR count). The van der Waals surface area contributed by atoms with Gasteiger partial charge in [0, 0.05) is 6.42 Å². The monoisotopic (exact) mass is 365 g/mol. The zero-order chi connectivity index (χ0) is 19.7. The zero-order valence-electron chi connectivity index (χ0n) is 14.6. The van der Waals surface area contributed by atoms with Crippen molar-refractivity contribution in [1.29, 1.82) is 0 Å². The van der Waals surface area contributed by atoms with Gasteiger partial charge < -0.3 is 26.2 Å². The highest BCUT2D eigenvalue weighted by atomic mass is 16.5. The molecule has 0 unspecified atom stereocenters. The highest BCUT2D eigenvalue weighted by Crippen LogP contribution is 2.06. The first-order chi connectivity index (χ1) is 12.2. The van der Waals surface area contributed by atoms with Gasteiger partial charge in [-0.1, -0.05) is 30.3 Å². The third kappa shape index (κ3) is 6.89. The van der Waals surface area contributed by atoms with Gasteiger partial charge >= 0.3 is 11.9 Å². The highest BCUT2D eigenvalue weighted by molar-refractivity contribution is 5.94. The molecular formula is C17H23N3O6. The van der Waals surface area contributed by atoms with E-state index in [1.54, 1.807) is 24.3 Å². The fourth-order valence-electron chi connectivity index (χ4n) is 2.14. The van der Waals surface area contributed by atoms with E-state index in [0.717, 1.165) is 5.56 Å². The summed E-state index contributed by atoms with van der Waals surface area (Å²) in [5.41, 5.74) is 6.20. The van der Waals surface area contributed by atoms with Gasteiger partial charge in [0.25, 0.3) is 0 Å². The van der Waals surface area contributed by atoms with E-state index in [1.807, 2.05) is 6.07 Å². The molecule has 0 aliphatic carbocycles. The Morgan fingerprint density at radius 1 is 1.08 bits per heavy atom. The minimum Gasteiger partial charge on any atom is -0.481 e. The number of aliphatic carboxylic acids is 1. The van der Waals surface area contributed by atoms with Crippen molar-refractivity contribution in [2.75, 3.05) is 7.11 Å². The number of amides is 2. The van der Waals surface area contributed by atoms with Crippen molar-refractivity contribution >= 4 is 23.8 Å². The summed E-state index contributed by atoms with van der Waals surface area (Å²) < 4.78 is 4.69. The summed E-state index contributed by atoms with van der Waals surface area (Å²) >= 11 is 0. The molecule has 0 bridgehead atoms. The number of hydrogen-bond donors (Lipinski definition) is 4.